The Morgan fingerprint density at radius 2 is 1.86 bits per heavy atom. The van der Waals surface area contributed by atoms with Crippen LogP contribution in [0.3, 0.4) is 0 Å². The Hall–Kier alpha value is -2.50. The van der Waals surface area contributed by atoms with E-state index in [0.29, 0.717) is 11.1 Å². The molecular weight excluding hydrogens is 285 g/mol. The molecule has 0 atom stereocenters. The highest BCUT2D eigenvalue weighted by Gasteiger charge is 2.31. The molecule has 2 aromatic carbocycles. The summed E-state index contributed by atoms with van der Waals surface area (Å²) in [7, 11) is 0. The molecule has 2 rings (SSSR count). The van der Waals surface area contributed by atoms with E-state index in [1.807, 2.05) is 0 Å². The van der Waals surface area contributed by atoms with Crippen molar-refractivity contribution in [3.05, 3.63) is 53.6 Å². The molecule has 6 heteroatoms. The third-order valence-electron chi connectivity index (χ3n) is 2.78. The number of aryl methyl sites for hydroxylation is 1. The normalized spacial score (nSPS) is 11.2. The van der Waals surface area contributed by atoms with Crippen LogP contribution in [-0.2, 0) is 0 Å². The predicted octanol–water partition coefficient (Wildman–Crippen LogP) is 4.26. The lowest BCUT2D eigenvalue weighted by atomic mass is 9.97. The number of carbonyl (C=O) groups is 1. The number of aromatic carboxylic acids is 1. The highest BCUT2D eigenvalue weighted by Crippen LogP contribution is 2.30. The van der Waals surface area contributed by atoms with Gasteiger partial charge in [0.2, 0.25) is 0 Å². The van der Waals surface area contributed by atoms with Gasteiger partial charge in [-0.1, -0.05) is 29.8 Å². The Balaban J connectivity index is 2.50. The maximum atomic E-state index is 12.2. The first kappa shape index (κ1) is 14.9. The fourth-order valence-corrected chi connectivity index (χ4v) is 1.94. The van der Waals surface area contributed by atoms with Gasteiger partial charge in [0, 0.05) is 0 Å². The highest BCUT2D eigenvalue weighted by atomic mass is 19.4. The molecule has 0 aliphatic carbocycles. The molecule has 3 nitrogen and oxygen atoms in total. The lowest BCUT2D eigenvalue weighted by Gasteiger charge is -2.12. The van der Waals surface area contributed by atoms with Crippen LogP contribution in [0.4, 0.5) is 13.2 Å². The summed E-state index contributed by atoms with van der Waals surface area (Å²) in [6.45, 7) is 1.77. The number of alkyl halides is 3. The summed E-state index contributed by atoms with van der Waals surface area (Å²) < 4.78 is 40.5. The van der Waals surface area contributed by atoms with Gasteiger partial charge in [-0.25, -0.2) is 4.79 Å². The molecule has 0 aromatic heterocycles. The fourth-order valence-electron chi connectivity index (χ4n) is 1.94. The van der Waals surface area contributed by atoms with Crippen LogP contribution in [0.2, 0.25) is 0 Å². The van der Waals surface area contributed by atoms with E-state index in [-0.39, 0.29) is 5.56 Å². The first-order valence-electron chi connectivity index (χ1n) is 5.96. The average molecular weight is 296 g/mol. The molecule has 2 aromatic rings. The summed E-state index contributed by atoms with van der Waals surface area (Å²) in [5.41, 5.74) is 1.51. The molecule has 0 unspecified atom stereocenters. The van der Waals surface area contributed by atoms with Gasteiger partial charge in [-0.3, -0.25) is 0 Å². The first-order chi connectivity index (χ1) is 9.76. The van der Waals surface area contributed by atoms with Gasteiger partial charge in [0.15, 0.2) is 0 Å². The average Bonchev–Trinajstić information content (AvgIpc) is 2.36. The van der Waals surface area contributed by atoms with Crippen LogP contribution in [-0.4, -0.2) is 17.4 Å². The van der Waals surface area contributed by atoms with Crippen LogP contribution in [0.15, 0.2) is 42.5 Å². The van der Waals surface area contributed by atoms with E-state index in [0.717, 1.165) is 17.7 Å². The Morgan fingerprint density at radius 3 is 2.48 bits per heavy atom. The second kappa shape index (κ2) is 5.47. The van der Waals surface area contributed by atoms with Gasteiger partial charge in [0.1, 0.15) is 5.75 Å². The number of hydrogen-bond donors (Lipinski definition) is 1. The molecule has 0 heterocycles. The Morgan fingerprint density at radius 1 is 1.14 bits per heavy atom. The topological polar surface area (TPSA) is 46.5 Å². The van der Waals surface area contributed by atoms with Crippen LogP contribution in [0.25, 0.3) is 11.1 Å². The number of ether oxygens (including phenoxy) is 1. The minimum absolute atomic E-state index is 0.0183. The van der Waals surface area contributed by atoms with Crippen LogP contribution >= 0.6 is 0 Å². The summed E-state index contributed by atoms with van der Waals surface area (Å²) >= 11 is 0. The van der Waals surface area contributed by atoms with Gasteiger partial charge in [0.25, 0.3) is 0 Å². The van der Waals surface area contributed by atoms with Crippen LogP contribution < -0.4 is 4.74 Å². The lowest BCUT2D eigenvalue weighted by molar-refractivity contribution is -0.274. The standard InChI is InChI=1S/C15H11F3O3/c1-9-5-6-12(14(19)20)13(7-9)10-3-2-4-11(8-10)21-15(16,17)18/h2-8H,1H3,(H,19,20). The number of carboxylic acids is 1. The third kappa shape index (κ3) is 3.75. The van der Waals surface area contributed by atoms with Crippen molar-refractivity contribution in [3.63, 3.8) is 0 Å². The second-order valence-corrected chi connectivity index (χ2v) is 4.43. The van der Waals surface area contributed by atoms with Crippen molar-refractivity contribution in [1.82, 2.24) is 0 Å². The molecule has 0 saturated heterocycles. The molecule has 0 fully saturated rings. The van der Waals surface area contributed by atoms with E-state index in [1.165, 1.54) is 18.2 Å². The lowest BCUT2D eigenvalue weighted by Crippen LogP contribution is -2.17. The summed E-state index contributed by atoms with van der Waals surface area (Å²) in [6, 6.07) is 9.89. The maximum Gasteiger partial charge on any atom is 0.573 e. The zero-order chi connectivity index (χ0) is 15.6. The highest BCUT2D eigenvalue weighted by molar-refractivity contribution is 5.96. The Labute approximate surface area is 118 Å². The zero-order valence-electron chi connectivity index (χ0n) is 10.9. The van der Waals surface area contributed by atoms with E-state index in [9.17, 15) is 18.0 Å². The van der Waals surface area contributed by atoms with Crippen LogP contribution in [0.5, 0.6) is 5.75 Å². The van der Waals surface area contributed by atoms with Gasteiger partial charge < -0.3 is 9.84 Å². The Kier molecular flexibility index (Phi) is 3.88. The number of halogens is 3. The number of rotatable bonds is 3. The van der Waals surface area contributed by atoms with Crippen molar-refractivity contribution >= 4 is 5.97 Å². The van der Waals surface area contributed by atoms with Gasteiger partial charge >= 0.3 is 12.3 Å². The Bertz CT molecular complexity index is 678. The third-order valence-corrected chi connectivity index (χ3v) is 2.78. The van der Waals surface area contributed by atoms with Crippen molar-refractivity contribution in [3.8, 4) is 16.9 Å². The summed E-state index contributed by atoms with van der Waals surface area (Å²) in [6.07, 6.45) is -4.79. The van der Waals surface area contributed by atoms with Gasteiger partial charge in [-0.15, -0.1) is 13.2 Å². The summed E-state index contributed by atoms with van der Waals surface area (Å²) in [4.78, 5) is 11.2. The van der Waals surface area contributed by atoms with E-state index in [2.05, 4.69) is 4.74 Å². The molecule has 0 bridgehead atoms. The molecule has 0 aliphatic heterocycles. The predicted molar refractivity (Wildman–Crippen MR) is 70.3 cm³/mol. The molecule has 110 valence electrons. The van der Waals surface area contributed by atoms with Crippen molar-refractivity contribution < 1.29 is 27.8 Å². The molecule has 0 saturated carbocycles. The fraction of sp³-hybridized carbons (Fsp3) is 0.133. The number of hydrogen-bond acceptors (Lipinski definition) is 2. The second-order valence-electron chi connectivity index (χ2n) is 4.43. The largest absolute Gasteiger partial charge is 0.573 e. The number of benzene rings is 2. The van der Waals surface area contributed by atoms with Crippen molar-refractivity contribution in [2.24, 2.45) is 0 Å². The van der Waals surface area contributed by atoms with Gasteiger partial charge in [-0.05, 0) is 36.2 Å². The molecule has 0 amide bonds. The van der Waals surface area contributed by atoms with Crippen LogP contribution in [0.1, 0.15) is 15.9 Å². The van der Waals surface area contributed by atoms with E-state index in [1.54, 1.807) is 19.1 Å². The SMILES string of the molecule is Cc1ccc(C(=O)O)c(-c2cccc(OC(F)(F)F)c2)c1. The minimum Gasteiger partial charge on any atom is -0.478 e. The smallest absolute Gasteiger partial charge is 0.478 e. The first-order valence-corrected chi connectivity index (χ1v) is 5.96. The monoisotopic (exact) mass is 296 g/mol. The molecule has 0 radical (unpaired) electrons. The van der Waals surface area contributed by atoms with Crippen molar-refractivity contribution in [2.45, 2.75) is 13.3 Å². The maximum absolute atomic E-state index is 12.2. The number of carboxylic acid groups (broad SMARTS) is 1. The molecular formula is C15H11F3O3. The zero-order valence-corrected chi connectivity index (χ0v) is 10.9. The van der Waals surface area contributed by atoms with E-state index >= 15 is 0 Å². The quantitative estimate of drug-likeness (QED) is 0.920. The van der Waals surface area contributed by atoms with Crippen molar-refractivity contribution in [1.29, 1.82) is 0 Å². The van der Waals surface area contributed by atoms with E-state index in [4.69, 9.17) is 5.11 Å². The van der Waals surface area contributed by atoms with Gasteiger partial charge in [0.05, 0.1) is 5.56 Å². The molecule has 1 N–H and O–H groups in total. The molecule has 0 aliphatic rings. The minimum atomic E-state index is -4.79. The molecule has 21 heavy (non-hydrogen) atoms. The molecule has 0 spiro atoms. The summed E-state index contributed by atoms with van der Waals surface area (Å²) in [5.74, 6) is -1.54. The van der Waals surface area contributed by atoms with E-state index < -0.39 is 18.1 Å². The van der Waals surface area contributed by atoms with Crippen LogP contribution in [0, 0.1) is 6.92 Å². The van der Waals surface area contributed by atoms with Crippen molar-refractivity contribution in [2.75, 3.05) is 0 Å². The summed E-state index contributed by atoms with van der Waals surface area (Å²) in [5, 5.41) is 9.16. The van der Waals surface area contributed by atoms with Gasteiger partial charge in [-0.2, -0.15) is 0 Å².